The first-order chi connectivity index (χ1) is 13.7. The Kier molecular flexibility index (Phi) is 8.40. The molecule has 28 heavy (non-hydrogen) atoms. The van der Waals surface area contributed by atoms with Crippen LogP contribution < -0.4 is 10.1 Å². The number of benzene rings is 1. The summed E-state index contributed by atoms with van der Waals surface area (Å²) in [5.74, 6) is 1.34. The fraction of sp³-hybridized carbons (Fsp3) is 0.571. The Hall–Kier alpha value is -1.34. The average molecular weight is 424 g/mol. The lowest BCUT2D eigenvalue weighted by Gasteiger charge is -2.34. The minimum absolute atomic E-state index is 0.640. The molecule has 154 valence electrons. The van der Waals surface area contributed by atoms with E-state index in [2.05, 4.69) is 27.3 Å². The minimum Gasteiger partial charge on any atom is -0.495 e. The van der Waals surface area contributed by atoms with E-state index in [-0.39, 0.29) is 0 Å². The number of hydrogen-bond donors (Lipinski definition) is 1. The molecule has 7 heteroatoms. The van der Waals surface area contributed by atoms with E-state index in [1.54, 1.807) is 13.2 Å². The Labute approximate surface area is 178 Å². The lowest BCUT2D eigenvalue weighted by Crippen LogP contribution is -2.45. The molecular weight excluding hydrogens is 394 g/mol. The number of anilines is 1. The predicted octanol–water partition coefficient (Wildman–Crippen LogP) is 4.04. The second kappa shape index (κ2) is 11.0. The standard InChI is InChI=1S/C21H30ClN3O2S/c1-26-20-15-18(22)7-8-19(20)23-21(28)25(16-17-5-3-2-4-6-17)10-9-24-11-13-27-14-12-24/h2-3,7-8,15,17H,4-6,9-14,16H2,1H3,(H,23,28). The van der Waals surface area contributed by atoms with Gasteiger partial charge in [-0.15, -0.1) is 0 Å². The SMILES string of the molecule is COc1cc(Cl)ccc1NC(=S)N(CCN1CCOCC1)CC1CC=CCC1. The van der Waals surface area contributed by atoms with Gasteiger partial charge in [0.1, 0.15) is 5.75 Å². The fourth-order valence-corrected chi connectivity index (χ4v) is 4.10. The molecule has 1 aromatic rings. The molecule has 2 aliphatic rings. The summed E-state index contributed by atoms with van der Waals surface area (Å²) in [6, 6.07) is 5.56. The second-order valence-corrected chi connectivity index (χ2v) is 8.15. The number of halogens is 1. The summed E-state index contributed by atoms with van der Waals surface area (Å²) >= 11 is 11.9. The Balaban J connectivity index is 1.65. The molecule has 1 aliphatic heterocycles. The number of nitrogens with one attached hydrogen (secondary N) is 1. The van der Waals surface area contributed by atoms with Crippen molar-refractivity contribution in [1.82, 2.24) is 9.80 Å². The zero-order chi connectivity index (χ0) is 19.8. The van der Waals surface area contributed by atoms with Crippen molar-refractivity contribution in [2.45, 2.75) is 19.3 Å². The van der Waals surface area contributed by atoms with Gasteiger partial charge >= 0.3 is 0 Å². The highest BCUT2D eigenvalue weighted by Crippen LogP contribution is 2.28. The third-order valence-corrected chi connectivity index (χ3v) is 5.93. The summed E-state index contributed by atoms with van der Waals surface area (Å²) in [6.07, 6.45) is 8.09. The van der Waals surface area contributed by atoms with E-state index in [9.17, 15) is 0 Å². The van der Waals surface area contributed by atoms with E-state index >= 15 is 0 Å². The van der Waals surface area contributed by atoms with Crippen LogP contribution in [0.3, 0.4) is 0 Å². The van der Waals surface area contributed by atoms with E-state index < -0.39 is 0 Å². The largest absolute Gasteiger partial charge is 0.495 e. The molecule has 5 nitrogen and oxygen atoms in total. The van der Waals surface area contributed by atoms with Crippen LogP contribution in [0.5, 0.6) is 5.75 Å². The van der Waals surface area contributed by atoms with Gasteiger partial charge in [0.25, 0.3) is 0 Å². The first-order valence-corrected chi connectivity index (χ1v) is 10.8. The number of hydrogen-bond acceptors (Lipinski definition) is 4. The molecular formula is C21H30ClN3O2S. The summed E-state index contributed by atoms with van der Waals surface area (Å²) in [6.45, 7) is 6.48. The van der Waals surface area contributed by atoms with Gasteiger partial charge in [-0.3, -0.25) is 4.90 Å². The van der Waals surface area contributed by atoms with Gasteiger partial charge in [0.05, 0.1) is 26.0 Å². The molecule has 1 aromatic carbocycles. The van der Waals surface area contributed by atoms with Gasteiger partial charge in [-0.25, -0.2) is 0 Å². The second-order valence-electron chi connectivity index (χ2n) is 7.33. The van der Waals surface area contributed by atoms with Crippen LogP contribution in [0.15, 0.2) is 30.4 Å². The summed E-state index contributed by atoms with van der Waals surface area (Å²) < 4.78 is 10.9. The summed E-state index contributed by atoms with van der Waals surface area (Å²) in [5, 5.41) is 4.76. The van der Waals surface area contributed by atoms with Crippen LogP contribution in [0.25, 0.3) is 0 Å². The van der Waals surface area contributed by atoms with Crippen LogP contribution in [-0.2, 0) is 4.74 Å². The fourth-order valence-electron chi connectivity index (χ4n) is 3.66. The average Bonchev–Trinajstić information content (AvgIpc) is 2.73. The van der Waals surface area contributed by atoms with Crippen molar-refractivity contribution in [2.24, 2.45) is 5.92 Å². The predicted molar refractivity (Wildman–Crippen MR) is 120 cm³/mol. The first-order valence-electron chi connectivity index (χ1n) is 10.0. The van der Waals surface area contributed by atoms with Crippen molar-refractivity contribution < 1.29 is 9.47 Å². The number of morpholine rings is 1. The van der Waals surface area contributed by atoms with Gasteiger partial charge in [0, 0.05) is 43.8 Å². The van der Waals surface area contributed by atoms with Crippen LogP contribution in [-0.4, -0.2) is 68.0 Å². The van der Waals surface area contributed by atoms with Crippen LogP contribution in [0.1, 0.15) is 19.3 Å². The Morgan fingerprint density at radius 2 is 2.18 bits per heavy atom. The molecule has 0 radical (unpaired) electrons. The van der Waals surface area contributed by atoms with Gasteiger partial charge in [0.2, 0.25) is 0 Å². The van der Waals surface area contributed by atoms with Crippen molar-refractivity contribution in [3.63, 3.8) is 0 Å². The summed E-state index contributed by atoms with van der Waals surface area (Å²) in [4.78, 5) is 4.76. The molecule has 1 heterocycles. The molecule has 1 N–H and O–H groups in total. The molecule has 0 bridgehead atoms. The zero-order valence-electron chi connectivity index (χ0n) is 16.5. The van der Waals surface area contributed by atoms with E-state index in [0.29, 0.717) is 16.7 Å². The van der Waals surface area contributed by atoms with Crippen LogP contribution in [0, 0.1) is 5.92 Å². The Bertz CT molecular complexity index is 680. The molecule has 1 aliphatic carbocycles. The summed E-state index contributed by atoms with van der Waals surface area (Å²) in [7, 11) is 1.64. The van der Waals surface area contributed by atoms with Crippen molar-refractivity contribution in [2.75, 3.05) is 58.4 Å². The molecule has 3 rings (SSSR count). The molecule has 0 amide bonds. The van der Waals surface area contributed by atoms with Gasteiger partial charge in [0.15, 0.2) is 5.11 Å². The van der Waals surface area contributed by atoms with Gasteiger partial charge < -0.3 is 19.7 Å². The van der Waals surface area contributed by atoms with E-state index in [0.717, 1.165) is 69.6 Å². The molecule has 1 unspecified atom stereocenters. The maximum Gasteiger partial charge on any atom is 0.173 e. The number of methoxy groups -OCH3 is 1. The third-order valence-electron chi connectivity index (χ3n) is 5.34. The molecule has 0 aromatic heterocycles. The van der Waals surface area contributed by atoms with Gasteiger partial charge in [-0.1, -0.05) is 23.8 Å². The zero-order valence-corrected chi connectivity index (χ0v) is 18.1. The highest BCUT2D eigenvalue weighted by atomic mass is 35.5. The molecule has 0 spiro atoms. The van der Waals surface area contributed by atoms with Gasteiger partial charge in [-0.05, 0) is 49.5 Å². The highest BCUT2D eigenvalue weighted by molar-refractivity contribution is 7.80. The number of thiocarbonyl (C=S) groups is 1. The first kappa shape index (κ1) is 21.4. The molecule has 1 atom stereocenters. The summed E-state index contributed by atoms with van der Waals surface area (Å²) in [5.41, 5.74) is 0.844. The van der Waals surface area contributed by atoms with Crippen LogP contribution in [0.2, 0.25) is 5.02 Å². The number of ether oxygens (including phenoxy) is 2. The minimum atomic E-state index is 0.640. The van der Waals surface area contributed by atoms with Crippen molar-refractivity contribution in [3.05, 3.63) is 35.4 Å². The van der Waals surface area contributed by atoms with E-state index in [1.165, 1.54) is 6.42 Å². The number of rotatable bonds is 7. The Morgan fingerprint density at radius 3 is 2.89 bits per heavy atom. The lowest BCUT2D eigenvalue weighted by atomic mass is 9.94. The normalized spacial score (nSPS) is 20.0. The van der Waals surface area contributed by atoms with Crippen LogP contribution in [0.4, 0.5) is 5.69 Å². The smallest absolute Gasteiger partial charge is 0.173 e. The van der Waals surface area contributed by atoms with Crippen LogP contribution >= 0.6 is 23.8 Å². The van der Waals surface area contributed by atoms with Crippen molar-refractivity contribution in [1.29, 1.82) is 0 Å². The Morgan fingerprint density at radius 1 is 1.36 bits per heavy atom. The third kappa shape index (κ3) is 6.34. The molecule has 0 saturated carbocycles. The van der Waals surface area contributed by atoms with Crippen molar-refractivity contribution in [3.8, 4) is 5.75 Å². The maximum atomic E-state index is 6.09. The van der Waals surface area contributed by atoms with Gasteiger partial charge in [-0.2, -0.15) is 0 Å². The van der Waals surface area contributed by atoms with E-state index in [1.807, 2.05) is 12.1 Å². The lowest BCUT2D eigenvalue weighted by molar-refractivity contribution is 0.0356. The van der Waals surface area contributed by atoms with E-state index in [4.69, 9.17) is 33.3 Å². The number of allylic oxidation sites excluding steroid dienone is 2. The molecule has 1 fully saturated rings. The maximum absolute atomic E-state index is 6.09. The highest BCUT2D eigenvalue weighted by Gasteiger charge is 2.20. The van der Waals surface area contributed by atoms with Crippen molar-refractivity contribution >= 4 is 34.6 Å². The molecule has 1 saturated heterocycles. The quantitative estimate of drug-likeness (QED) is 0.527. The topological polar surface area (TPSA) is 37.0 Å². The number of nitrogens with zero attached hydrogens (tertiary/aromatic N) is 2. The monoisotopic (exact) mass is 423 g/mol.